The molecular weight excluding hydrogens is 150 g/mol. The van der Waals surface area contributed by atoms with Gasteiger partial charge in [0.1, 0.15) is 5.82 Å². The lowest BCUT2D eigenvalue weighted by atomic mass is 10.7. The highest BCUT2D eigenvalue weighted by Gasteiger charge is 2.06. The van der Waals surface area contributed by atoms with E-state index in [9.17, 15) is 0 Å². The number of nitrogens with zero attached hydrogens (tertiary/aromatic N) is 2. The molecule has 0 saturated heterocycles. The topological polar surface area (TPSA) is 29.9 Å². The van der Waals surface area contributed by atoms with Crippen LogP contribution >= 0.6 is 11.6 Å². The Morgan fingerprint density at radius 2 is 2.20 bits per heavy atom. The molecule has 0 amide bonds. The zero-order valence-corrected chi connectivity index (χ0v) is 7.03. The molecule has 0 aliphatic carbocycles. The number of nitrogens with one attached hydrogen (secondary N) is 1. The zero-order chi connectivity index (χ0) is 7.72. The van der Waals surface area contributed by atoms with Gasteiger partial charge in [-0.25, -0.2) is 4.98 Å². The first kappa shape index (κ1) is 7.41. The molecule has 0 aromatic carbocycles. The standard InChI is InChI=1S/C6H10ClN3/c1-4-9-6(8-2)5(7)10(4)3/h8H,1-3H3. The lowest BCUT2D eigenvalue weighted by Gasteiger charge is -1.94. The van der Waals surface area contributed by atoms with E-state index in [2.05, 4.69) is 10.3 Å². The van der Waals surface area contributed by atoms with Crippen LogP contribution in [0, 0.1) is 6.92 Å². The van der Waals surface area contributed by atoms with E-state index in [4.69, 9.17) is 11.6 Å². The van der Waals surface area contributed by atoms with Gasteiger partial charge in [0.15, 0.2) is 11.0 Å². The van der Waals surface area contributed by atoms with E-state index in [0.29, 0.717) is 5.15 Å². The van der Waals surface area contributed by atoms with Crippen LogP contribution in [-0.4, -0.2) is 16.6 Å². The summed E-state index contributed by atoms with van der Waals surface area (Å²) >= 11 is 5.85. The van der Waals surface area contributed by atoms with E-state index in [1.54, 1.807) is 7.05 Å². The monoisotopic (exact) mass is 159 g/mol. The van der Waals surface area contributed by atoms with Crippen molar-refractivity contribution < 1.29 is 0 Å². The van der Waals surface area contributed by atoms with Crippen molar-refractivity contribution in [1.29, 1.82) is 0 Å². The molecule has 1 N–H and O–H groups in total. The minimum absolute atomic E-state index is 0.653. The molecule has 3 nitrogen and oxygen atoms in total. The van der Waals surface area contributed by atoms with E-state index < -0.39 is 0 Å². The molecule has 0 unspecified atom stereocenters. The number of hydrogen-bond acceptors (Lipinski definition) is 2. The summed E-state index contributed by atoms with van der Waals surface area (Å²) in [4.78, 5) is 4.15. The van der Waals surface area contributed by atoms with Crippen molar-refractivity contribution in [2.75, 3.05) is 12.4 Å². The maximum atomic E-state index is 5.85. The van der Waals surface area contributed by atoms with Crippen molar-refractivity contribution in [2.24, 2.45) is 7.05 Å². The summed E-state index contributed by atoms with van der Waals surface area (Å²) in [5, 5.41) is 3.55. The fourth-order valence-electron chi connectivity index (χ4n) is 0.743. The first-order chi connectivity index (χ1) is 4.66. The summed E-state index contributed by atoms with van der Waals surface area (Å²) < 4.78 is 1.83. The van der Waals surface area contributed by atoms with Crippen LogP contribution in [0.25, 0.3) is 0 Å². The maximum absolute atomic E-state index is 5.85. The molecule has 0 spiro atoms. The lowest BCUT2D eigenvalue weighted by Crippen LogP contribution is -1.90. The van der Waals surface area contributed by atoms with Crippen LogP contribution in [0.4, 0.5) is 5.82 Å². The number of imidazole rings is 1. The Morgan fingerprint density at radius 1 is 1.60 bits per heavy atom. The normalized spacial score (nSPS) is 10.0. The molecular formula is C6H10ClN3. The summed E-state index contributed by atoms with van der Waals surface area (Å²) in [5.74, 6) is 1.65. The molecule has 56 valence electrons. The zero-order valence-electron chi connectivity index (χ0n) is 6.27. The smallest absolute Gasteiger partial charge is 0.163 e. The van der Waals surface area contributed by atoms with Gasteiger partial charge >= 0.3 is 0 Å². The lowest BCUT2D eigenvalue weighted by molar-refractivity contribution is 0.859. The van der Waals surface area contributed by atoms with E-state index in [1.807, 2.05) is 18.5 Å². The highest BCUT2D eigenvalue weighted by molar-refractivity contribution is 6.32. The van der Waals surface area contributed by atoms with Crippen molar-refractivity contribution >= 4 is 17.4 Å². The summed E-state index contributed by atoms with van der Waals surface area (Å²) in [7, 11) is 3.68. The van der Waals surface area contributed by atoms with Gasteiger partial charge in [0.05, 0.1) is 0 Å². The number of aryl methyl sites for hydroxylation is 1. The number of aromatic nitrogens is 2. The molecule has 0 aliphatic rings. The van der Waals surface area contributed by atoms with Crippen LogP contribution in [-0.2, 0) is 7.05 Å². The van der Waals surface area contributed by atoms with E-state index in [-0.39, 0.29) is 0 Å². The number of halogens is 1. The van der Waals surface area contributed by atoms with Crippen molar-refractivity contribution in [3.63, 3.8) is 0 Å². The Bertz CT molecular complexity index is 241. The second-order valence-electron chi connectivity index (χ2n) is 2.11. The first-order valence-corrected chi connectivity index (χ1v) is 3.41. The molecule has 1 rings (SSSR count). The van der Waals surface area contributed by atoms with Crippen LogP contribution < -0.4 is 5.32 Å². The fourth-order valence-corrected chi connectivity index (χ4v) is 1.00. The number of hydrogen-bond donors (Lipinski definition) is 1. The van der Waals surface area contributed by atoms with Crippen LogP contribution in [0.1, 0.15) is 5.82 Å². The Labute approximate surface area is 65.0 Å². The Hall–Kier alpha value is -0.700. The van der Waals surface area contributed by atoms with Crippen LogP contribution in [0.2, 0.25) is 5.15 Å². The quantitative estimate of drug-likeness (QED) is 0.672. The van der Waals surface area contributed by atoms with Crippen LogP contribution in [0.5, 0.6) is 0 Å². The third-order valence-corrected chi connectivity index (χ3v) is 1.92. The molecule has 0 bridgehead atoms. The van der Waals surface area contributed by atoms with Gasteiger partial charge in [-0.3, -0.25) is 0 Å². The highest BCUT2D eigenvalue weighted by Crippen LogP contribution is 2.19. The predicted molar refractivity (Wildman–Crippen MR) is 42.5 cm³/mol. The molecule has 1 heterocycles. The minimum atomic E-state index is 0.653. The molecule has 0 atom stereocenters. The molecule has 0 fully saturated rings. The number of rotatable bonds is 1. The maximum Gasteiger partial charge on any atom is 0.163 e. The van der Waals surface area contributed by atoms with Crippen molar-refractivity contribution in [1.82, 2.24) is 9.55 Å². The number of anilines is 1. The fraction of sp³-hybridized carbons (Fsp3) is 0.500. The van der Waals surface area contributed by atoms with Gasteiger partial charge in [-0.2, -0.15) is 0 Å². The predicted octanol–water partition coefficient (Wildman–Crippen LogP) is 1.42. The average molecular weight is 160 g/mol. The molecule has 0 radical (unpaired) electrons. The highest BCUT2D eigenvalue weighted by atomic mass is 35.5. The van der Waals surface area contributed by atoms with Gasteiger partial charge in [-0.15, -0.1) is 0 Å². The molecule has 1 aromatic heterocycles. The van der Waals surface area contributed by atoms with E-state index in [1.165, 1.54) is 0 Å². The van der Waals surface area contributed by atoms with Gasteiger partial charge < -0.3 is 9.88 Å². The molecule has 4 heteroatoms. The molecule has 0 saturated carbocycles. The van der Waals surface area contributed by atoms with Gasteiger partial charge in [0.25, 0.3) is 0 Å². The van der Waals surface area contributed by atoms with Crippen molar-refractivity contribution in [3.8, 4) is 0 Å². The van der Waals surface area contributed by atoms with Crippen LogP contribution in [0.3, 0.4) is 0 Å². The van der Waals surface area contributed by atoms with Crippen molar-refractivity contribution in [3.05, 3.63) is 11.0 Å². The summed E-state index contributed by atoms with van der Waals surface area (Å²) in [6, 6.07) is 0. The van der Waals surface area contributed by atoms with Gasteiger partial charge in [-0.05, 0) is 6.92 Å². The molecule has 0 aliphatic heterocycles. The summed E-state index contributed by atoms with van der Waals surface area (Å²) in [6.45, 7) is 1.91. The van der Waals surface area contributed by atoms with E-state index in [0.717, 1.165) is 11.6 Å². The third kappa shape index (κ3) is 0.968. The SMILES string of the molecule is CNc1nc(C)n(C)c1Cl. The van der Waals surface area contributed by atoms with E-state index >= 15 is 0 Å². The van der Waals surface area contributed by atoms with Gasteiger partial charge in [0, 0.05) is 14.1 Å². The second kappa shape index (κ2) is 2.50. The summed E-state index contributed by atoms with van der Waals surface area (Å²) in [6.07, 6.45) is 0. The third-order valence-electron chi connectivity index (χ3n) is 1.49. The largest absolute Gasteiger partial charge is 0.371 e. The second-order valence-corrected chi connectivity index (χ2v) is 2.47. The first-order valence-electron chi connectivity index (χ1n) is 3.03. The Morgan fingerprint density at radius 3 is 2.40 bits per heavy atom. The Kier molecular flexibility index (Phi) is 1.85. The van der Waals surface area contributed by atoms with Gasteiger partial charge in [-0.1, -0.05) is 11.6 Å². The molecule has 1 aromatic rings. The average Bonchev–Trinajstić information content (AvgIpc) is 2.17. The molecule has 10 heavy (non-hydrogen) atoms. The Balaban J connectivity index is 3.17. The van der Waals surface area contributed by atoms with Crippen LogP contribution in [0.15, 0.2) is 0 Å². The van der Waals surface area contributed by atoms with Gasteiger partial charge in [0.2, 0.25) is 0 Å². The summed E-state index contributed by atoms with van der Waals surface area (Å²) in [5.41, 5.74) is 0. The minimum Gasteiger partial charge on any atom is -0.371 e. The van der Waals surface area contributed by atoms with Crippen molar-refractivity contribution in [2.45, 2.75) is 6.92 Å².